The van der Waals surface area contributed by atoms with Crippen molar-refractivity contribution in [3.05, 3.63) is 35.4 Å². The van der Waals surface area contributed by atoms with Gasteiger partial charge in [-0.3, -0.25) is 4.79 Å². The van der Waals surface area contributed by atoms with Crippen molar-refractivity contribution in [2.75, 3.05) is 32.9 Å². The summed E-state index contributed by atoms with van der Waals surface area (Å²) < 4.78 is 16.0. The molecule has 3 rings (SSSR count). The van der Waals surface area contributed by atoms with Gasteiger partial charge in [0.1, 0.15) is 11.7 Å². The average molecular weight is 405 g/mol. The number of rotatable bonds is 7. The fourth-order valence-electron chi connectivity index (χ4n) is 3.34. The molecular formula is C22H32N2O5. The summed E-state index contributed by atoms with van der Waals surface area (Å²) in [5.41, 5.74) is 1.72. The van der Waals surface area contributed by atoms with Crippen LogP contribution < -0.4 is 5.32 Å². The van der Waals surface area contributed by atoms with Crippen LogP contribution in [0.5, 0.6) is 0 Å². The Labute approximate surface area is 172 Å². The Morgan fingerprint density at radius 3 is 2.38 bits per heavy atom. The van der Waals surface area contributed by atoms with E-state index in [0.29, 0.717) is 45.8 Å². The lowest BCUT2D eigenvalue weighted by molar-refractivity contribution is -0.135. The van der Waals surface area contributed by atoms with Gasteiger partial charge < -0.3 is 24.4 Å². The number of carbonyl (C=O) groups excluding carboxylic acids is 2. The van der Waals surface area contributed by atoms with E-state index in [0.717, 1.165) is 17.5 Å². The molecule has 2 aliphatic heterocycles. The molecule has 2 aliphatic rings. The van der Waals surface area contributed by atoms with Gasteiger partial charge >= 0.3 is 6.09 Å². The Morgan fingerprint density at radius 1 is 1.17 bits per heavy atom. The lowest BCUT2D eigenvalue weighted by atomic mass is 10.0. The minimum absolute atomic E-state index is 0.0355. The van der Waals surface area contributed by atoms with Crippen molar-refractivity contribution in [3.63, 3.8) is 0 Å². The van der Waals surface area contributed by atoms with E-state index in [4.69, 9.17) is 14.2 Å². The molecule has 0 aliphatic carbocycles. The highest BCUT2D eigenvalue weighted by Crippen LogP contribution is 2.20. The van der Waals surface area contributed by atoms with Crippen molar-refractivity contribution < 1.29 is 23.8 Å². The second kappa shape index (κ2) is 9.59. The SMILES string of the molecule is CC(C)(C)OC(=O)N[C@@H](Cc1ccc(CCC(=O)N2CCOCC2)cc1)[C@H]1CO1. The summed E-state index contributed by atoms with van der Waals surface area (Å²) in [7, 11) is 0. The molecule has 1 aromatic rings. The number of epoxide rings is 1. The number of ether oxygens (including phenoxy) is 3. The minimum Gasteiger partial charge on any atom is -0.444 e. The third kappa shape index (κ3) is 7.33. The number of nitrogens with one attached hydrogen (secondary N) is 1. The number of alkyl carbamates (subject to hydrolysis) is 1. The zero-order valence-electron chi connectivity index (χ0n) is 17.6. The molecule has 7 heteroatoms. The van der Waals surface area contributed by atoms with Crippen LogP contribution in [0.4, 0.5) is 4.79 Å². The van der Waals surface area contributed by atoms with Gasteiger partial charge in [0.25, 0.3) is 0 Å². The number of nitrogens with zero attached hydrogens (tertiary/aromatic N) is 1. The van der Waals surface area contributed by atoms with Crippen LogP contribution in [0.25, 0.3) is 0 Å². The number of benzene rings is 1. The molecule has 2 fully saturated rings. The molecule has 1 N–H and O–H groups in total. The molecule has 1 aromatic carbocycles. The molecule has 0 bridgehead atoms. The molecule has 0 radical (unpaired) electrons. The van der Waals surface area contributed by atoms with Gasteiger partial charge in [0.15, 0.2) is 0 Å². The topological polar surface area (TPSA) is 80.4 Å². The fourth-order valence-corrected chi connectivity index (χ4v) is 3.34. The summed E-state index contributed by atoms with van der Waals surface area (Å²) in [4.78, 5) is 26.2. The molecule has 0 aromatic heterocycles. The first-order valence-corrected chi connectivity index (χ1v) is 10.3. The van der Waals surface area contributed by atoms with Crippen molar-refractivity contribution in [1.29, 1.82) is 0 Å². The van der Waals surface area contributed by atoms with Gasteiger partial charge in [-0.25, -0.2) is 4.79 Å². The third-order valence-electron chi connectivity index (χ3n) is 4.98. The van der Waals surface area contributed by atoms with Crippen LogP contribution in [0.1, 0.15) is 38.3 Å². The van der Waals surface area contributed by atoms with Gasteiger partial charge in [-0.2, -0.15) is 0 Å². The summed E-state index contributed by atoms with van der Waals surface area (Å²) in [6.45, 7) is 8.82. The van der Waals surface area contributed by atoms with E-state index in [-0.39, 0.29) is 18.1 Å². The second-order valence-electron chi connectivity index (χ2n) is 8.64. The molecule has 2 heterocycles. The zero-order valence-corrected chi connectivity index (χ0v) is 17.6. The monoisotopic (exact) mass is 404 g/mol. The number of amides is 2. The molecule has 2 saturated heterocycles. The van der Waals surface area contributed by atoms with Gasteiger partial charge in [-0.05, 0) is 44.7 Å². The maximum atomic E-state index is 12.3. The molecule has 0 spiro atoms. The molecule has 2 atom stereocenters. The molecular weight excluding hydrogens is 372 g/mol. The van der Waals surface area contributed by atoms with Gasteiger partial charge in [0.2, 0.25) is 5.91 Å². The third-order valence-corrected chi connectivity index (χ3v) is 4.98. The van der Waals surface area contributed by atoms with E-state index in [1.165, 1.54) is 0 Å². The Kier molecular flexibility index (Phi) is 7.14. The Morgan fingerprint density at radius 2 is 1.79 bits per heavy atom. The van der Waals surface area contributed by atoms with E-state index in [2.05, 4.69) is 29.6 Å². The van der Waals surface area contributed by atoms with E-state index in [1.807, 2.05) is 25.7 Å². The van der Waals surface area contributed by atoms with E-state index in [9.17, 15) is 9.59 Å². The first-order chi connectivity index (χ1) is 13.8. The van der Waals surface area contributed by atoms with Crippen molar-refractivity contribution in [2.45, 2.75) is 57.8 Å². The Balaban J connectivity index is 1.48. The maximum Gasteiger partial charge on any atom is 0.407 e. The standard InChI is InChI=1S/C22H32N2O5/c1-22(2,3)29-21(26)23-18(19-15-28-19)14-17-6-4-16(5-7-17)8-9-20(25)24-10-12-27-13-11-24/h4-7,18-19H,8-15H2,1-3H3,(H,23,26)/t18-,19+/m0/s1. The molecule has 29 heavy (non-hydrogen) atoms. The molecule has 0 unspecified atom stereocenters. The first-order valence-electron chi connectivity index (χ1n) is 10.3. The summed E-state index contributed by atoms with van der Waals surface area (Å²) in [6.07, 6.45) is 1.53. The Hall–Kier alpha value is -2.12. The van der Waals surface area contributed by atoms with Crippen molar-refractivity contribution in [2.24, 2.45) is 0 Å². The predicted octanol–water partition coefficient (Wildman–Crippen LogP) is 2.31. The highest BCUT2D eigenvalue weighted by Gasteiger charge is 2.35. The van der Waals surface area contributed by atoms with Crippen molar-refractivity contribution in [1.82, 2.24) is 10.2 Å². The molecule has 160 valence electrons. The van der Waals surface area contributed by atoms with Crippen LogP contribution in [0, 0.1) is 0 Å². The smallest absolute Gasteiger partial charge is 0.407 e. The van der Waals surface area contributed by atoms with Crippen molar-refractivity contribution >= 4 is 12.0 Å². The normalized spacial score (nSPS) is 20.1. The van der Waals surface area contributed by atoms with E-state index in [1.54, 1.807) is 0 Å². The summed E-state index contributed by atoms with van der Waals surface area (Å²) in [5, 5.41) is 2.93. The van der Waals surface area contributed by atoms with Crippen LogP contribution in [0.2, 0.25) is 0 Å². The lowest BCUT2D eigenvalue weighted by Crippen LogP contribution is -2.43. The molecule has 0 saturated carbocycles. The van der Waals surface area contributed by atoms with Gasteiger partial charge in [-0.1, -0.05) is 24.3 Å². The predicted molar refractivity (Wildman–Crippen MR) is 109 cm³/mol. The van der Waals surface area contributed by atoms with Crippen LogP contribution >= 0.6 is 0 Å². The van der Waals surface area contributed by atoms with Gasteiger partial charge in [0, 0.05) is 19.5 Å². The second-order valence-corrected chi connectivity index (χ2v) is 8.64. The van der Waals surface area contributed by atoms with Crippen LogP contribution in [-0.4, -0.2) is 67.6 Å². The average Bonchev–Trinajstić information content (AvgIpc) is 3.51. The first kappa shape index (κ1) is 21.6. The quantitative estimate of drug-likeness (QED) is 0.706. The van der Waals surface area contributed by atoms with Gasteiger partial charge in [0.05, 0.1) is 25.9 Å². The molecule has 2 amide bonds. The van der Waals surface area contributed by atoms with Crippen LogP contribution in [0.3, 0.4) is 0 Å². The largest absolute Gasteiger partial charge is 0.444 e. The highest BCUT2D eigenvalue weighted by atomic mass is 16.6. The van der Waals surface area contributed by atoms with E-state index >= 15 is 0 Å². The number of hydrogen-bond donors (Lipinski definition) is 1. The summed E-state index contributed by atoms with van der Waals surface area (Å²) in [5.74, 6) is 0.185. The van der Waals surface area contributed by atoms with Crippen LogP contribution in [-0.2, 0) is 31.8 Å². The number of morpholine rings is 1. The lowest BCUT2D eigenvalue weighted by Gasteiger charge is -2.26. The highest BCUT2D eigenvalue weighted by molar-refractivity contribution is 5.76. The van der Waals surface area contributed by atoms with E-state index < -0.39 is 11.7 Å². The maximum absolute atomic E-state index is 12.3. The number of carbonyl (C=O) groups is 2. The zero-order chi connectivity index (χ0) is 20.9. The van der Waals surface area contributed by atoms with Gasteiger partial charge in [-0.15, -0.1) is 0 Å². The Bertz CT molecular complexity index is 688. The molecule has 7 nitrogen and oxygen atoms in total. The summed E-state index contributed by atoms with van der Waals surface area (Å²) >= 11 is 0. The fraction of sp³-hybridized carbons (Fsp3) is 0.636. The number of hydrogen-bond acceptors (Lipinski definition) is 5. The number of aryl methyl sites for hydroxylation is 1. The van der Waals surface area contributed by atoms with Crippen LogP contribution in [0.15, 0.2) is 24.3 Å². The van der Waals surface area contributed by atoms with Crippen molar-refractivity contribution in [3.8, 4) is 0 Å². The minimum atomic E-state index is -0.528. The summed E-state index contributed by atoms with van der Waals surface area (Å²) in [6, 6.07) is 8.11.